The highest BCUT2D eigenvalue weighted by Crippen LogP contribution is 2.28. The zero-order chi connectivity index (χ0) is 14.0. The summed E-state index contributed by atoms with van der Waals surface area (Å²) in [7, 11) is 0. The number of nitrogens with one attached hydrogen (secondary N) is 1. The van der Waals surface area contributed by atoms with Crippen molar-refractivity contribution in [2.45, 2.75) is 19.9 Å². The molecule has 0 saturated carbocycles. The third-order valence-electron chi connectivity index (χ3n) is 3.19. The van der Waals surface area contributed by atoms with Gasteiger partial charge >= 0.3 is 0 Å². The van der Waals surface area contributed by atoms with Crippen LogP contribution < -0.4 is 11.3 Å². The summed E-state index contributed by atoms with van der Waals surface area (Å²) >= 11 is 2.14. The van der Waals surface area contributed by atoms with Gasteiger partial charge in [-0.3, -0.25) is 5.84 Å². The standard InChI is InChI=1S/C15H16FIN2/c1-9-3-4-10(2)13(7-9)15(19-18)12-6-5-11(16)8-14(12)17/h3-8,15,19H,18H2,1-2H3. The lowest BCUT2D eigenvalue weighted by Crippen LogP contribution is -2.30. The highest BCUT2D eigenvalue weighted by molar-refractivity contribution is 14.1. The quantitative estimate of drug-likeness (QED) is 0.492. The minimum atomic E-state index is -0.232. The van der Waals surface area contributed by atoms with E-state index in [4.69, 9.17) is 5.84 Å². The first-order valence-electron chi connectivity index (χ1n) is 6.01. The number of hydrogen-bond donors (Lipinski definition) is 2. The fourth-order valence-electron chi connectivity index (χ4n) is 2.15. The molecule has 19 heavy (non-hydrogen) atoms. The molecule has 3 N–H and O–H groups in total. The van der Waals surface area contributed by atoms with Gasteiger partial charge in [0.05, 0.1) is 6.04 Å². The minimum Gasteiger partial charge on any atom is -0.271 e. The van der Waals surface area contributed by atoms with Gasteiger partial charge < -0.3 is 0 Å². The highest BCUT2D eigenvalue weighted by Gasteiger charge is 2.17. The third kappa shape index (κ3) is 3.13. The summed E-state index contributed by atoms with van der Waals surface area (Å²) in [4.78, 5) is 0. The molecule has 0 bridgehead atoms. The molecule has 4 heteroatoms. The average molecular weight is 370 g/mol. The maximum absolute atomic E-state index is 13.2. The SMILES string of the molecule is Cc1ccc(C)c(C(NN)c2ccc(F)cc2I)c1. The second-order valence-corrected chi connectivity index (χ2v) is 5.79. The van der Waals surface area contributed by atoms with E-state index in [1.165, 1.54) is 17.7 Å². The van der Waals surface area contributed by atoms with E-state index in [1.54, 1.807) is 6.07 Å². The molecular formula is C15H16FIN2. The summed E-state index contributed by atoms with van der Waals surface area (Å²) in [6.07, 6.45) is 0. The van der Waals surface area contributed by atoms with E-state index in [0.29, 0.717) is 0 Å². The monoisotopic (exact) mass is 370 g/mol. The molecule has 0 aliphatic heterocycles. The average Bonchev–Trinajstić information content (AvgIpc) is 2.36. The Balaban J connectivity index is 2.52. The second-order valence-electron chi connectivity index (χ2n) is 4.63. The number of benzene rings is 2. The molecule has 1 atom stereocenters. The largest absolute Gasteiger partial charge is 0.271 e. The maximum Gasteiger partial charge on any atom is 0.124 e. The molecule has 0 amide bonds. The fraction of sp³-hybridized carbons (Fsp3) is 0.200. The Morgan fingerprint density at radius 3 is 2.47 bits per heavy atom. The molecule has 2 aromatic rings. The lowest BCUT2D eigenvalue weighted by molar-refractivity contribution is 0.611. The molecule has 0 heterocycles. The van der Waals surface area contributed by atoms with Crippen molar-refractivity contribution in [1.82, 2.24) is 5.43 Å². The number of halogens is 2. The van der Waals surface area contributed by atoms with Crippen molar-refractivity contribution in [2.24, 2.45) is 5.84 Å². The van der Waals surface area contributed by atoms with Crippen molar-refractivity contribution >= 4 is 22.6 Å². The molecule has 0 aliphatic rings. The Morgan fingerprint density at radius 1 is 1.11 bits per heavy atom. The molecule has 2 nitrogen and oxygen atoms in total. The van der Waals surface area contributed by atoms with E-state index in [-0.39, 0.29) is 11.9 Å². The van der Waals surface area contributed by atoms with Crippen LogP contribution in [0.15, 0.2) is 36.4 Å². The van der Waals surface area contributed by atoms with Gasteiger partial charge in [-0.25, -0.2) is 9.82 Å². The van der Waals surface area contributed by atoms with Crippen LogP contribution in [0.2, 0.25) is 0 Å². The molecule has 2 rings (SSSR count). The van der Waals surface area contributed by atoms with Crippen LogP contribution in [0.25, 0.3) is 0 Å². The van der Waals surface area contributed by atoms with Crippen LogP contribution in [0.4, 0.5) is 4.39 Å². The molecule has 0 saturated heterocycles. The van der Waals surface area contributed by atoms with Crippen LogP contribution in [-0.2, 0) is 0 Å². The summed E-state index contributed by atoms with van der Waals surface area (Å²) in [6.45, 7) is 4.10. The summed E-state index contributed by atoms with van der Waals surface area (Å²) < 4.78 is 14.1. The number of rotatable bonds is 3. The molecule has 0 radical (unpaired) electrons. The second kappa shape index (κ2) is 5.98. The van der Waals surface area contributed by atoms with Gasteiger partial charge in [-0.05, 0) is 65.3 Å². The normalized spacial score (nSPS) is 12.5. The first kappa shape index (κ1) is 14.4. The van der Waals surface area contributed by atoms with Crippen LogP contribution in [0.3, 0.4) is 0 Å². The smallest absolute Gasteiger partial charge is 0.124 e. The van der Waals surface area contributed by atoms with Gasteiger partial charge in [0.25, 0.3) is 0 Å². The molecule has 1 unspecified atom stereocenters. The van der Waals surface area contributed by atoms with Crippen LogP contribution in [-0.4, -0.2) is 0 Å². The van der Waals surface area contributed by atoms with E-state index >= 15 is 0 Å². The van der Waals surface area contributed by atoms with E-state index in [9.17, 15) is 4.39 Å². The van der Waals surface area contributed by atoms with Crippen molar-refractivity contribution in [3.05, 3.63) is 68.0 Å². The Hall–Kier alpha value is -0.980. The topological polar surface area (TPSA) is 38.0 Å². The van der Waals surface area contributed by atoms with Crippen molar-refractivity contribution in [3.8, 4) is 0 Å². The zero-order valence-electron chi connectivity index (χ0n) is 10.9. The van der Waals surface area contributed by atoms with Gasteiger partial charge in [0.2, 0.25) is 0 Å². The van der Waals surface area contributed by atoms with Crippen molar-refractivity contribution in [2.75, 3.05) is 0 Å². The van der Waals surface area contributed by atoms with Gasteiger partial charge in [0.1, 0.15) is 5.82 Å². The Bertz CT molecular complexity index is 599. The van der Waals surface area contributed by atoms with Crippen molar-refractivity contribution < 1.29 is 4.39 Å². The maximum atomic E-state index is 13.2. The summed E-state index contributed by atoms with van der Waals surface area (Å²) in [5, 5.41) is 0. The van der Waals surface area contributed by atoms with E-state index in [1.807, 2.05) is 6.92 Å². The predicted molar refractivity (Wildman–Crippen MR) is 84.2 cm³/mol. The van der Waals surface area contributed by atoms with Gasteiger partial charge in [0, 0.05) is 3.57 Å². The highest BCUT2D eigenvalue weighted by atomic mass is 127. The summed E-state index contributed by atoms with van der Waals surface area (Å²) in [5.41, 5.74) is 7.28. The summed E-state index contributed by atoms with van der Waals surface area (Å²) in [5.74, 6) is 5.48. The van der Waals surface area contributed by atoms with Crippen LogP contribution in [0.5, 0.6) is 0 Å². The van der Waals surface area contributed by atoms with Crippen LogP contribution in [0, 0.1) is 23.2 Å². The molecule has 2 aromatic carbocycles. The molecule has 100 valence electrons. The molecule has 0 aliphatic carbocycles. The van der Waals surface area contributed by atoms with Gasteiger partial charge in [-0.2, -0.15) is 0 Å². The molecule has 0 fully saturated rings. The third-order valence-corrected chi connectivity index (χ3v) is 4.12. The summed E-state index contributed by atoms with van der Waals surface area (Å²) in [6, 6.07) is 10.9. The van der Waals surface area contributed by atoms with E-state index < -0.39 is 0 Å². The first-order valence-corrected chi connectivity index (χ1v) is 7.09. The molecule has 0 spiro atoms. The Labute approximate surface area is 126 Å². The first-order chi connectivity index (χ1) is 9.02. The Kier molecular flexibility index (Phi) is 4.54. The molecule has 0 aromatic heterocycles. The fourth-order valence-corrected chi connectivity index (χ4v) is 2.94. The van der Waals surface area contributed by atoms with Crippen LogP contribution in [0.1, 0.15) is 28.3 Å². The minimum absolute atomic E-state index is 0.132. The number of hydrazine groups is 1. The van der Waals surface area contributed by atoms with E-state index in [2.05, 4.69) is 53.1 Å². The molecular weight excluding hydrogens is 354 g/mol. The number of nitrogens with two attached hydrogens (primary N) is 1. The van der Waals surface area contributed by atoms with Crippen LogP contribution >= 0.6 is 22.6 Å². The van der Waals surface area contributed by atoms with Crippen molar-refractivity contribution in [1.29, 1.82) is 0 Å². The number of aryl methyl sites for hydroxylation is 2. The lowest BCUT2D eigenvalue weighted by atomic mass is 9.94. The predicted octanol–water partition coefficient (Wildman–Crippen LogP) is 3.60. The van der Waals surface area contributed by atoms with Gasteiger partial charge in [-0.1, -0.05) is 29.8 Å². The van der Waals surface area contributed by atoms with E-state index in [0.717, 1.165) is 20.3 Å². The lowest BCUT2D eigenvalue weighted by Gasteiger charge is -2.21. The van der Waals surface area contributed by atoms with Gasteiger partial charge in [-0.15, -0.1) is 0 Å². The number of hydrogen-bond acceptors (Lipinski definition) is 2. The van der Waals surface area contributed by atoms with Crippen molar-refractivity contribution in [3.63, 3.8) is 0 Å². The zero-order valence-corrected chi connectivity index (χ0v) is 13.0. The Morgan fingerprint density at radius 2 is 1.84 bits per heavy atom. The van der Waals surface area contributed by atoms with Gasteiger partial charge in [0.15, 0.2) is 0 Å².